The average Bonchev–Trinajstić information content (AvgIpc) is 3.13. The normalized spacial score (nSPS) is 14.8. The lowest BCUT2D eigenvalue weighted by molar-refractivity contribution is -0.402. The molecular formula is C18H20FN3O4. The number of benzene rings is 1. The van der Waals surface area contributed by atoms with Crippen LogP contribution in [-0.4, -0.2) is 23.9 Å². The van der Waals surface area contributed by atoms with Gasteiger partial charge in [-0.1, -0.05) is 19.3 Å². The minimum absolute atomic E-state index is 0.208. The molecule has 0 spiro atoms. The predicted molar refractivity (Wildman–Crippen MR) is 95.0 cm³/mol. The highest BCUT2D eigenvalue weighted by molar-refractivity contribution is 6.02. The van der Waals surface area contributed by atoms with Crippen LogP contribution >= 0.6 is 0 Å². The van der Waals surface area contributed by atoms with Gasteiger partial charge in [0.2, 0.25) is 0 Å². The van der Waals surface area contributed by atoms with Crippen LogP contribution in [0.15, 0.2) is 34.7 Å². The molecule has 1 heterocycles. The maximum atomic E-state index is 14.5. The Kier molecular flexibility index (Phi) is 5.20. The van der Waals surface area contributed by atoms with Crippen LogP contribution < -0.4 is 10.2 Å². The number of nitrogens with one attached hydrogen (secondary N) is 1. The van der Waals surface area contributed by atoms with Crippen LogP contribution in [0.3, 0.4) is 0 Å². The summed E-state index contributed by atoms with van der Waals surface area (Å²) < 4.78 is 19.4. The Bertz CT molecular complexity index is 815. The number of carbonyl (C=O) groups is 1. The van der Waals surface area contributed by atoms with Crippen molar-refractivity contribution in [2.45, 2.75) is 38.1 Å². The third kappa shape index (κ3) is 3.84. The first-order valence-corrected chi connectivity index (χ1v) is 8.53. The smallest absolute Gasteiger partial charge is 0.395 e. The Morgan fingerprint density at radius 1 is 1.27 bits per heavy atom. The molecule has 138 valence electrons. The monoisotopic (exact) mass is 361 g/mol. The van der Waals surface area contributed by atoms with Gasteiger partial charge in [-0.25, -0.2) is 4.39 Å². The summed E-state index contributed by atoms with van der Waals surface area (Å²) in [6.45, 7) is 0. The fraction of sp³-hybridized carbons (Fsp3) is 0.389. The fourth-order valence-corrected chi connectivity index (χ4v) is 3.28. The summed E-state index contributed by atoms with van der Waals surface area (Å²) in [5, 5.41) is 13.1. The van der Waals surface area contributed by atoms with Gasteiger partial charge in [0.15, 0.2) is 5.76 Å². The standard InChI is InChI=1S/C18H20FN3O4/c1-21(13-5-3-2-4-6-13)15-8-7-12(11-14(15)19)20-18(23)16-9-10-17(26-16)22(24)25/h7-11,13H,2-6H2,1H3,(H,20,23). The second-order valence-corrected chi connectivity index (χ2v) is 6.42. The van der Waals surface area contributed by atoms with Gasteiger partial charge in [-0.3, -0.25) is 14.9 Å². The highest BCUT2D eigenvalue weighted by atomic mass is 19.1. The lowest BCUT2D eigenvalue weighted by Gasteiger charge is -2.33. The van der Waals surface area contributed by atoms with E-state index in [1.54, 1.807) is 12.1 Å². The Balaban J connectivity index is 1.70. The molecule has 0 radical (unpaired) electrons. The van der Waals surface area contributed by atoms with Crippen molar-refractivity contribution in [3.05, 3.63) is 52.0 Å². The Labute approximate surface area is 149 Å². The number of furan rings is 1. The molecule has 0 bridgehead atoms. The average molecular weight is 361 g/mol. The number of carbonyl (C=O) groups excluding carboxylic acids is 1. The maximum absolute atomic E-state index is 14.5. The summed E-state index contributed by atoms with van der Waals surface area (Å²) in [6.07, 6.45) is 5.63. The van der Waals surface area contributed by atoms with Crippen molar-refractivity contribution in [3.8, 4) is 0 Å². The number of anilines is 2. The van der Waals surface area contributed by atoms with Crippen LogP contribution in [-0.2, 0) is 0 Å². The topological polar surface area (TPSA) is 88.6 Å². The van der Waals surface area contributed by atoms with Crippen molar-refractivity contribution in [1.82, 2.24) is 0 Å². The minimum Gasteiger partial charge on any atom is -0.395 e. The van der Waals surface area contributed by atoms with Crippen molar-refractivity contribution in [3.63, 3.8) is 0 Å². The number of halogens is 1. The molecule has 0 aliphatic heterocycles. The molecule has 1 aliphatic rings. The van der Waals surface area contributed by atoms with Crippen molar-refractivity contribution in [2.24, 2.45) is 0 Å². The van der Waals surface area contributed by atoms with E-state index in [0.717, 1.165) is 31.7 Å². The summed E-state index contributed by atoms with van der Waals surface area (Å²) >= 11 is 0. The zero-order valence-electron chi connectivity index (χ0n) is 14.4. The van der Waals surface area contributed by atoms with Crippen LogP contribution in [0, 0.1) is 15.9 Å². The van der Waals surface area contributed by atoms with Crippen molar-refractivity contribution >= 4 is 23.2 Å². The summed E-state index contributed by atoms with van der Waals surface area (Å²) in [7, 11) is 1.88. The summed E-state index contributed by atoms with van der Waals surface area (Å²) in [5.74, 6) is -1.83. The van der Waals surface area contributed by atoms with E-state index in [2.05, 4.69) is 5.32 Å². The van der Waals surface area contributed by atoms with Gasteiger partial charge in [0.1, 0.15) is 10.7 Å². The molecule has 1 aliphatic carbocycles. The van der Waals surface area contributed by atoms with Crippen LogP contribution in [0.4, 0.5) is 21.6 Å². The number of rotatable bonds is 5. The Morgan fingerprint density at radius 2 is 2.00 bits per heavy atom. The van der Waals surface area contributed by atoms with E-state index in [-0.39, 0.29) is 11.4 Å². The predicted octanol–water partition coefficient (Wildman–Crippen LogP) is 4.35. The van der Waals surface area contributed by atoms with Crippen LogP contribution in [0.25, 0.3) is 0 Å². The zero-order valence-corrected chi connectivity index (χ0v) is 14.4. The summed E-state index contributed by atoms with van der Waals surface area (Å²) in [5.41, 5.74) is 0.746. The van der Waals surface area contributed by atoms with E-state index >= 15 is 0 Å². The van der Waals surface area contributed by atoms with Gasteiger partial charge in [0.25, 0.3) is 5.91 Å². The number of nitro groups is 1. The van der Waals surface area contributed by atoms with Crippen molar-refractivity contribution < 1.29 is 18.5 Å². The second-order valence-electron chi connectivity index (χ2n) is 6.42. The van der Waals surface area contributed by atoms with Gasteiger partial charge in [-0.2, -0.15) is 0 Å². The molecule has 0 atom stereocenters. The molecule has 7 nitrogen and oxygen atoms in total. The molecule has 2 aromatic rings. The van der Waals surface area contributed by atoms with Crippen LogP contribution in [0.1, 0.15) is 42.7 Å². The van der Waals surface area contributed by atoms with E-state index in [4.69, 9.17) is 4.42 Å². The molecule has 1 N–H and O–H groups in total. The van der Waals surface area contributed by atoms with Gasteiger partial charge in [-0.05, 0) is 37.1 Å². The van der Waals surface area contributed by atoms with E-state index in [1.165, 1.54) is 18.6 Å². The summed E-state index contributed by atoms with van der Waals surface area (Å²) in [4.78, 5) is 23.9. The number of hydrogen-bond donors (Lipinski definition) is 1. The first-order chi connectivity index (χ1) is 12.5. The third-order valence-corrected chi connectivity index (χ3v) is 4.70. The van der Waals surface area contributed by atoms with E-state index in [1.807, 2.05) is 11.9 Å². The highest BCUT2D eigenvalue weighted by Gasteiger charge is 2.21. The van der Waals surface area contributed by atoms with Crippen molar-refractivity contribution in [2.75, 3.05) is 17.3 Å². The van der Waals surface area contributed by atoms with E-state index in [0.29, 0.717) is 11.7 Å². The van der Waals surface area contributed by atoms with Gasteiger partial charge in [0.05, 0.1) is 11.8 Å². The largest absolute Gasteiger partial charge is 0.433 e. The Hall–Kier alpha value is -2.90. The summed E-state index contributed by atoms with van der Waals surface area (Å²) in [6, 6.07) is 7.09. The fourth-order valence-electron chi connectivity index (χ4n) is 3.28. The lowest BCUT2D eigenvalue weighted by Crippen LogP contribution is -2.33. The molecule has 1 fully saturated rings. The number of hydrogen-bond acceptors (Lipinski definition) is 5. The quantitative estimate of drug-likeness (QED) is 0.632. The first-order valence-electron chi connectivity index (χ1n) is 8.53. The second kappa shape index (κ2) is 7.55. The van der Waals surface area contributed by atoms with Crippen molar-refractivity contribution in [1.29, 1.82) is 0 Å². The highest BCUT2D eigenvalue weighted by Crippen LogP contribution is 2.29. The minimum atomic E-state index is -0.730. The van der Waals surface area contributed by atoms with E-state index in [9.17, 15) is 19.3 Å². The molecule has 0 unspecified atom stereocenters. The molecule has 8 heteroatoms. The lowest BCUT2D eigenvalue weighted by atomic mass is 9.94. The maximum Gasteiger partial charge on any atom is 0.433 e. The van der Waals surface area contributed by atoms with Gasteiger partial charge < -0.3 is 14.6 Å². The van der Waals surface area contributed by atoms with Crippen LogP contribution in [0.5, 0.6) is 0 Å². The first kappa shape index (κ1) is 17.9. The molecule has 1 amide bonds. The molecule has 26 heavy (non-hydrogen) atoms. The molecule has 0 saturated heterocycles. The van der Waals surface area contributed by atoms with Gasteiger partial charge in [0, 0.05) is 18.8 Å². The molecule has 3 rings (SSSR count). The number of amides is 1. The van der Waals surface area contributed by atoms with E-state index < -0.39 is 22.5 Å². The van der Waals surface area contributed by atoms with Gasteiger partial charge in [-0.15, -0.1) is 0 Å². The Morgan fingerprint density at radius 3 is 2.62 bits per heavy atom. The van der Waals surface area contributed by atoms with Gasteiger partial charge >= 0.3 is 5.88 Å². The van der Waals surface area contributed by atoms with Crippen LogP contribution in [0.2, 0.25) is 0 Å². The SMILES string of the molecule is CN(c1ccc(NC(=O)c2ccc([N+](=O)[O-])o2)cc1F)C1CCCCC1. The molecular weight excluding hydrogens is 341 g/mol. The number of nitrogens with zero attached hydrogens (tertiary/aromatic N) is 2. The zero-order chi connectivity index (χ0) is 18.7. The third-order valence-electron chi connectivity index (χ3n) is 4.70. The molecule has 1 saturated carbocycles. The molecule has 1 aromatic carbocycles. The molecule has 1 aromatic heterocycles.